The second kappa shape index (κ2) is 3.01. The Morgan fingerprint density at radius 3 is 2.81 bits per heavy atom. The van der Waals surface area contributed by atoms with Crippen molar-refractivity contribution in [3.8, 4) is 5.75 Å². The molecule has 0 aliphatic rings. The summed E-state index contributed by atoms with van der Waals surface area (Å²) in [6.07, 6.45) is 0. The lowest BCUT2D eigenvalue weighted by atomic mass is 10.1. The number of hydrogen-bond donors (Lipinski definition) is 2. The Kier molecular flexibility index (Phi) is 1.66. The van der Waals surface area contributed by atoms with Gasteiger partial charge in [-0.25, -0.2) is 4.85 Å². The zero-order chi connectivity index (χ0) is 11.1. The van der Waals surface area contributed by atoms with Gasteiger partial charge < -0.3 is 10.1 Å². The summed E-state index contributed by atoms with van der Waals surface area (Å²) in [7, 11) is 0. The van der Waals surface area contributed by atoms with E-state index in [1.54, 1.807) is 18.2 Å². The van der Waals surface area contributed by atoms with Crippen LogP contribution in [-0.2, 0) is 0 Å². The maximum atomic E-state index is 9.71. The molecule has 0 atom stereocenters. The van der Waals surface area contributed by atoms with E-state index in [9.17, 15) is 5.11 Å². The molecule has 0 aliphatic carbocycles. The molecule has 0 radical (unpaired) electrons. The van der Waals surface area contributed by atoms with Gasteiger partial charge in [-0.15, -0.1) is 0 Å². The van der Waals surface area contributed by atoms with Crippen LogP contribution in [0.1, 0.15) is 0 Å². The second-order valence-electron chi connectivity index (χ2n) is 3.67. The van der Waals surface area contributed by atoms with Crippen LogP contribution in [0.3, 0.4) is 0 Å². The first kappa shape index (κ1) is 8.81. The molecule has 0 aliphatic heterocycles. The molecule has 0 amide bonds. The summed E-state index contributed by atoms with van der Waals surface area (Å²) >= 11 is 0. The first-order chi connectivity index (χ1) is 7.79. The number of H-pyrrole nitrogens is 1. The highest BCUT2D eigenvalue weighted by Crippen LogP contribution is 2.32. The molecule has 16 heavy (non-hydrogen) atoms. The highest BCUT2D eigenvalue weighted by molar-refractivity contribution is 6.10. The van der Waals surface area contributed by atoms with Crippen LogP contribution in [-0.4, -0.2) is 10.1 Å². The Balaban J connectivity index is 2.54. The molecule has 0 unspecified atom stereocenters. The SMILES string of the molecule is [C-]#[N+]c1ccc2[nH]c3c(O)cccc3c2c1. The highest BCUT2D eigenvalue weighted by Gasteiger charge is 2.07. The van der Waals surface area contributed by atoms with Crippen LogP contribution >= 0.6 is 0 Å². The van der Waals surface area contributed by atoms with Crippen LogP contribution < -0.4 is 0 Å². The second-order valence-corrected chi connectivity index (χ2v) is 3.67. The number of nitrogens with zero attached hydrogens (tertiary/aromatic N) is 1. The number of aromatic nitrogens is 1. The van der Waals surface area contributed by atoms with Crippen molar-refractivity contribution >= 4 is 27.5 Å². The van der Waals surface area contributed by atoms with E-state index in [-0.39, 0.29) is 5.75 Å². The fourth-order valence-electron chi connectivity index (χ4n) is 1.96. The number of nitrogens with one attached hydrogen (secondary N) is 1. The quantitative estimate of drug-likeness (QED) is 0.544. The molecule has 3 aromatic rings. The summed E-state index contributed by atoms with van der Waals surface area (Å²) in [5.74, 6) is 0.234. The van der Waals surface area contributed by atoms with E-state index in [2.05, 4.69) is 9.83 Å². The van der Waals surface area contributed by atoms with Gasteiger partial charge in [0.15, 0.2) is 5.69 Å². The van der Waals surface area contributed by atoms with Crippen LogP contribution in [0.2, 0.25) is 0 Å². The average Bonchev–Trinajstić information content (AvgIpc) is 2.68. The van der Waals surface area contributed by atoms with Crippen LogP contribution in [0.4, 0.5) is 5.69 Å². The molecule has 1 heterocycles. The van der Waals surface area contributed by atoms with Crippen molar-refractivity contribution in [3.05, 3.63) is 47.8 Å². The Morgan fingerprint density at radius 1 is 1.12 bits per heavy atom. The number of hydrogen-bond acceptors (Lipinski definition) is 1. The average molecular weight is 208 g/mol. The lowest BCUT2D eigenvalue weighted by Gasteiger charge is -1.93. The van der Waals surface area contributed by atoms with Gasteiger partial charge in [0.05, 0.1) is 12.1 Å². The largest absolute Gasteiger partial charge is 0.506 e. The minimum absolute atomic E-state index is 0.234. The molecule has 3 heteroatoms. The van der Waals surface area contributed by atoms with Crippen molar-refractivity contribution in [1.29, 1.82) is 0 Å². The lowest BCUT2D eigenvalue weighted by Crippen LogP contribution is -1.68. The topological polar surface area (TPSA) is 40.4 Å². The van der Waals surface area contributed by atoms with Gasteiger partial charge in [0.1, 0.15) is 5.75 Å². The molecule has 0 spiro atoms. The summed E-state index contributed by atoms with van der Waals surface area (Å²) in [5, 5.41) is 11.6. The first-order valence-corrected chi connectivity index (χ1v) is 4.90. The number of fused-ring (bicyclic) bond motifs is 3. The van der Waals surface area contributed by atoms with Gasteiger partial charge in [0, 0.05) is 10.9 Å². The Morgan fingerprint density at radius 2 is 2.00 bits per heavy atom. The van der Waals surface area contributed by atoms with E-state index in [4.69, 9.17) is 6.57 Å². The third-order valence-electron chi connectivity index (χ3n) is 2.72. The highest BCUT2D eigenvalue weighted by atomic mass is 16.3. The molecule has 3 rings (SSSR count). The van der Waals surface area contributed by atoms with Gasteiger partial charge in [-0.3, -0.25) is 0 Å². The zero-order valence-electron chi connectivity index (χ0n) is 8.36. The predicted molar refractivity (Wildman–Crippen MR) is 63.7 cm³/mol. The van der Waals surface area contributed by atoms with Crippen LogP contribution in [0, 0.1) is 6.57 Å². The lowest BCUT2D eigenvalue weighted by molar-refractivity contribution is 0.480. The number of aromatic hydroxyl groups is 1. The Labute approximate surface area is 91.8 Å². The van der Waals surface area contributed by atoms with Gasteiger partial charge in [0.25, 0.3) is 0 Å². The van der Waals surface area contributed by atoms with Crippen molar-refractivity contribution in [2.75, 3.05) is 0 Å². The van der Waals surface area contributed by atoms with Gasteiger partial charge in [-0.1, -0.05) is 18.2 Å². The Bertz CT molecular complexity index is 735. The van der Waals surface area contributed by atoms with E-state index < -0.39 is 0 Å². The van der Waals surface area contributed by atoms with Gasteiger partial charge in [-0.05, 0) is 23.6 Å². The maximum Gasteiger partial charge on any atom is 0.188 e. The summed E-state index contributed by atoms with van der Waals surface area (Å²) < 4.78 is 0. The molecule has 0 saturated heterocycles. The fourth-order valence-corrected chi connectivity index (χ4v) is 1.96. The molecule has 3 nitrogen and oxygen atoms in total. The third-order valence-corrected chi connectivity index (χ3v) is 2.72. The molecule has 1 aromatic heterocycles. The number of aromatic amines is 1. The number of para-hydroxylation sites is 1. The van der Waals surface area contributed by atoms with Crippen LogP contribution in [0.15, 0.2) is 36.4 Å². The van der Waals surface area contributed by atoms with Crippen molar-refractivity contribution in [2.45, 2.75) is 0 Å². The number of benzene rings is 2. The van der Waals surface area contributed by atoms with Gasteiger partial charge in [-0.2, -0.15) is 0 Å². The molecule has 76 valence electrons. The number of phenolic OH excluding ortho intramolecular Hbond substituents is 1. The van der Waals surface area contributed by atoms with E-state index in [1.165, 1.54) is 0 Å². The fraction of sp³-hybridized carbons (Fsp3) is 0. The molecule has 2 N–H and O–H groups in total. The molecular formula is C13H8N2O. The first-order valence-electron chi connectivity index (χ1n) is 4.90. The Hall–Kier alpha value is -2.47. The van der Waals surface area contributed by atoms with E-state index in [0.29, 0.717) is 5.69 Å². The van der Waals surface area contributed by atoms with Crippen LogP contribution in [0.25, 0.3) is 26.7 Å². The summed E-state index contributed by atoms with van der Waals surface area (Å²) in [4.78, 5) is 6.55. The van der Waals surface area contributed by atoms with E-state index in [0.717, 1.165) is 21.8 Å². The zero-order valence-corrected chi connectivity index (χ0v) is 8.36. The van der Waals surface area contributed by atoms with Gasteiger partial charge in [0.2, 0.25) is 0 Å². The summed E-state index contributed by atoms with van der Waals surface area (Å²) in [5.41, 5.74) is 2.26. The predicted octanol–water partition coefficient (Wildman–Crippen LogP) is 3.58. The van der Waals surface area contributed by atoms with Crippen molar-refractivity contribution in [3.63, 3.8) is 0 Å². The minimum Gasteiger partial charge on any atom is -0.506 e. The monoisotopic (exact) mass is 208 g/mol. The van der Waals surface area contributed by atoms with Crippen molar-refractivity contribution < 1.29 is 5.11 Å². The molecule has 0 bridgehead atoms. The number of rotatable bonds is 0. The summed E-state index contributed by atoms with van der Waals surface area (Å²) in [6.45, 7) is 6.99. The molecule has 0 fully saturated rings. The standard InChI is InChI=1S/C13H8N2O/c1-14-8-5-6-11-10(7-8)9-3-2-4-12(16)13(9)15-11/h2-7,15-16H. The van der Waals surface area contributed by atoms with E-state index >= 15 is 0 Å². The number of phenols is 1. The van der Waals surface area contributed by atoms with E-state index in [1.807, 2.05) is 18.2 Å². The maximum absolute atomic E-state index is 9.71. The van der Waals surface area contributed by atoms with Crippen molar-refractivity contribution in [1.82, 2.24) is 4.98 Å². The normalized spacial score (nSPS) is 10.7. The molecular weight excluding hydrogens is 200 g/mol. The van der Waals surface area contributed by atoms with Crippen LogP contribution in [0.5, 0.6) is 5.75 Å². The smallest absolute Gasteiger partial charge is 0.188 e. The molecule has 0 saturated carbocycles. The molecule has 2 aromatic carbocycles. The minimum atomic E-state index is 0.234. The van der Waals surface area contributed by atoms with Gasteiger partial charge >= 0.3 is 0 Å². The third kappa shape index (κ3) is 1.07. The van der Waals surface area contributed by atoms with Crippen molar-refractivity contribution in [2.24, 2.45) is 0 Å². The summed E-state index contributed by atoms with van der Waals surface area (Å²) in [6, 6.07) is 10.8.